The zero-order valence-electron chi connectivity index (χ0n) is 12.8. The first-order valence-electron chi connectivity index (χ1n) is 6.99. The van der Waals surface area contributed by atoms with Crippen molar-refractivity contribution in [2.24, 2.45) is 0 Å². The van der Waals surface area contributed by atoms with Crippen molar-refractivity contribution < 1.29 is 29.2 Å². The van der Waals surface area contributed by atoms with E-state index in [2.05, 4.69) is 27.7 Å². The van der Waals surface area contributed by atoms with E-state index in [1.165, 1.54) is 10.8 Å². The average molecular weight is 745 g/mol. The van der Waals surface area contributed by atoms with Crippen LogP contribution in [0.5, 0.6) is 0 Å². The van der Waals surface area contributed by atoms with Gasteiger partial charge in [-0.2, -0.15) is 0 Å². The first-order valence-corrected chi connectivity index (χ1v) is 19.3. The molecule has 0 spiro atoms. The van der Waals surface area contributed by atoms with Crippen molar-refractivity contribution in [1.82, 2.24) is 0 Å². The van der Waals surface area contributed by atoms with Gasteiger partial charge >= 0.3 is 162 Å². The van der Waals surface area contributed by atoms with Crippen molar-refractivity contribution in [3.63, 3.8) is 0 Å². The third kappa shape index (κ3) is 13.2. The molecule has 0 saturated heterocycles. The summed E-state index contributed by atoms with van der Waals surface area (Å²) in [6.45, 7) is 8.65. The SMILES string of the molecule is CCC[I-]OI(CCC)OI(CCC)OI(O)CCC. The van der Waals surface area contributed by atoms with Gasteiger partial charge in [0.25, 0.3) is 0 Å². The van der Waals surface area contributed by atoms with Crippen LogP contribution < -0.4 is 21.6 Å². The molecule has 4 nitrogen and oxygen atoms in total. The molecule has 0 unspecified atom stereocenters. The molecule has 0 amide bonds. The van der Waals surface area contributed by atoms with E-state index in [9.17, 15) is 3.44 Å². The molecule has 0 aliphatic rings. The molecule has 0 bridgehead atoms. The van der Waals surface area contributed by atoms with Crippen LogP contribution >= 0.6 is 61.9 Å². The standard InChI is InChI=1S/C12H29I4O4/c1-5-9-13-18-15(11-7-3)20-16(12-8-4)19-14(17)10-6-2/h17H,5-12H2,1-4H3/q-1. The van der Waals surface area contributed by atoms with E-state index in [-0.39, 0.29) is 21.6 Å². The summed E-state index contributed by atoms with van der Waals surface area (Å²) < 4.78 is 32.5. The Morgan fingerprint density at radius 1 is 0.800 bits per heavy atom. The molecule has 0 atom stereocenters. The van der Waals surface area contributed by atoms with Crippen molar-refractivity contribution in [3.8, 4) is 0 Å². The third-order valence-electron chi connectivity index (χ3n) is 1.67. The van der Waals surface area contributed by atoms with Crippen LogP contribution in [0, 0.1) is 0 Å². The Hall–Kier alpha value is 2.76. The molecule has 0 saturated carbocycles. The summed E-state index contributed by atoms with van der Waals surface area (Å²) in [7, 11) is 0. The van der Waals surface area contributed by atoms with Crippen LogP contribution in [0.15, 0.2) is 0 Å². The Balaban J connectivity index is 4.24. The fraction of sp³-hybridized carbons (Fsp3) is 1.00. The topological polar surface area (TPSA) is 47.9 Å². The Labute approximate surface area is 160 Å². The van der Waals surface area contributed by atoms with Gasteiger partial charge in [-0.3, -0.25) is 0 Å². The maximum atomic E-state index is 9.98. The number of hydrogen-bond acceptors (Lipinski definition) is 4. The molecule has 0 aliphatic heterocycles. The molecule has 130 valence electrons. The van der Waals surface area contributed by atoms with Crippen LogP contribution in [0.2, 0.25) is 0 Å². The van der Waals surface area contributed by atoms with E-state index in [0.717, 1.165) is 32.5 Å². The summed E-state index contributed by atoms with van der Waals surface area (Å²) in [4.78, 5) is 0. The Morgan fingerprint density at radius 3 is 1.95 bits per heavy atom. The normalized spacial score (nSPS) is 13.6. The van der Waals surface area contributed by atoms with E-state index in [4.69, 9.17) is 4.19 Å². The molecule has 0 aliphatic carbocycles. The van der Waals surface area contributed by atoms with Gasteiger partial charge in [-0.05, 0) is 0 Å². The molecule has 1 N–H and O–H groups in total. The monoisotopic (exact) mass is 745 g/mol. The Bertz CT molecular complexity index is 212. The van der Waals surface area contributed by atoms with Gasteiger partial charge < -0.3 is 0 Å². The number of rotatable bonds is 14. The zero-order chi connectivity index (χ0) is 15.2. The van der Waals surface area contributed by atoms with Crippen LogP contribution in [-0.2, 0) is 4.19 Å². The second-order valence-electron chi connectivity index (χ2n) is 3.90. The Kier molecular flexibility index (Phi) is 18.9. The van der Waals surface area contributed by atoms with Crippen LogP contribution in [-0.4, -0.2) is 21.1 Å². The van der Waals surface area contributed by atoms with Crippen molar-refractivity contribution in [2.45, 2.75) is 53.4 Å². The molecular weight excluding hydrogens is 716 g/mol. The van der Waals surface area contributed by atoms with Crippen LogP contribution in [0.25, 0.3) is 0 Å². The molecule has 0 fully saturated rings. The molecule has 8 heteroatoms. The predicted octanol–water partition coefficient (Wildman–Crippen LogP) is 2.68. The van der Waals surface area contributed by atoms with E-state index >= 15 is 0 Å². The minimum absolute atomic E-state index is 0.133. The number of halogens is 4. The van der Waals surface area contributed by atoms with Gasteiger partial charge in [0, 0.05) is 0 Å². The summed E-state index contributed by atoms with van der Waals surface area (Å²) in [6.07, 6.45) is 4.43. The van der Waals surface area contributed by atoms with Crippen molar-refractivity contribution in [1.29, 1.82) is 0 Å². The number of hydrogen-bond donors (Lipinski definition) is 1. The second-order valence-corrected chi connectivity index (χ2v) is 21.4. The van der Waals surface area contributed by atoms with Crippen molar-refractivity contribution >= 4 is 61.9 Å². The number of alkyl halides is 4. The van der Waals surface area contributed by atoms with E-state index < -0.39 is 61.9 Å². The minimum atomic E-state index is -2.15. The summed E-state index contributed by atoms with van der Waals surface area (Å²) in [5.74, 6) is 0. The maximum absolute atomic E-state index is 9.98. The van der Waals surface area contributed by atoms with E-state index in [1.54, 1.807) is 0 Å². The fourth-order valence-electron chi connectivity index (χ4n) is 0.934. The van der Waals surface area contributed by atoms with Crippen LogP contribution in [0.1, 0.15) is 53.4 Å². The summed E-state index contributed by atoms with van der Waals surface area (Å²) in [6, 6.07) is 0. The first kappa shape index (κ1) is 22.8. The Morgan fingerprint density at radius 2 is 1.40 bits per heavy atom. The molecule has 0 radical (unpaired) electrons. The summed E-state index contributed by atoms with van der Waals surface area (Å²) in [5, 5.41) is 0. The summed E-state index contributed by atoms with van der Waals surface area (Å²) >= 11 is -5.87. The third-order valence-corrected chi connectivity index (χ3v) is 25.3. The van der Waals surface area contributed by atoms with Crippen molar-refractivity contribution in [2.75, 3.05) is 17.7 Å². The van der Waals surface area contributed by atoms with Crippen LogP contribution in [0.4, 0.5) is 0 Å². The van der Waals surface area contributed by atoms with Crippen LogP contribution in [0.3, 0.4) is 0 Å². The molecule has 0 heterocycles. The first-order chi connectivity index (χ1) is 9.67. The van der Waals surface area contributed by atoms with Gasteiger partial charge in [-0.1, -0.05) is 0 Å². The summed E-state index contributed by atoms with van der Waals surface area (Å²) in [5.41, 5.74) is 0. The average Bonchev–Trinajstić information content (AvgIpc) is 2.39. The molecular formula is C12H29I4O4-. The van der Waals surface area contributed by atoms with E-state index in [1.807, 2.05) is 0 Å². The quantitative estimate of drug-likeness (QED) is 0.169. The van der Waals surface area contributed by atoms with Gasteiger partial charge in [-0.25, -0.2) is 0 Å². The van der Waals surface area contributed by atoms with Gasteiger partial charge in [0.2, 0.25) is 0 Å². The molecule has 0 aromatic rings. The molecule has 0 aromatic carbocycles. The molecule has 0 rings (SSSR count). The van der Waals surface area contributed by atoms with Crippen molar-refractivity contribution in [3.05, 3.63) is 0 Å². The van der Waals surface area contributed by atoms with Gasteiger partial charge in [0.1, 0.15) is 0 Å². The van der Waals surface area contributed by atoms with Gasteiger partial charge in [-0.15, -0.1) is 0 Å². The molecule has 0 aromatic heterocycles. The predicted molar refractivity (Wildman–Crippen MR) is 108 cm³/mol. The van der Waals surface area contributed by atoms with Gasteiger partial charge in [0.05, 0.1) is 0 Å². The molecule has 20 heavy (non-hydrogen) atoms. The second kappa shape index (κ2) is 16.6. The van der Waals surface area contributed by atoms with Gasteiger partial charge in [0.15, 0.2) is 0 Å². The fourth-order valence-corrected chi connectivity index (χ4v) is 25.7. The van der Waals surface area contributed by atoms with E-state index in [0.29, 0.717) is 0 Å². The zero-order valence-corrected chi connectivity index (χ0v) is 21.5.